The Morgan fingerprint density at radius 1 is 1.67 bits per heavy atom. The SMILES string of the molecule is COCC(NC(=O)C1CCCC1O)c1ccco1. The summed E-state index contributed by atoms with van der Waals surface area (Å²) < 4.78 is 10.4. The molecule has 0 aromatic carbocycles. The number of methoxy groups -OCH3 is 1. The monoisotopic (exact) mass is 253 g/mol. The van der Waals surface area contributed by atoms with E-state index in [4.69, 9.17) is 9.15 Å². The highest BCUT2D eigenvalue weighted by molar-refractivity contribution is 5.80. The zero-order valence-electron chi connectivity index (χ0n) is 10.5. The number of aliphatic hydroxyl groups excluding tert-OH is 1. The first kappa shape index (κ1) is 13.1. The van der Waals surface area contributed by atoms with E-state index in [1.807, 2.05) is 0 Å². The molecular weight excluding hydrogens is 234 g/mol. The Morgan fingerprint density at radius 2 is 2.50 bits per heavy atom. The summed E-state index contributed by atoms with van der Waals surface area (Å²) in [6.07, 6.45) is 3.38. The van der Waals surface area contributed by atoms with Crippen molar-refractivity contribution in [1.82, 2.24) is 5.32 Å². The Bertz CT molecular complexity index is 376. The minimum Gasteiger partial charge on any atom is -0.467 e. The Kier molecular flexibility index (Phi) is 4.38. The number of carbonyl (C=O) groups excluding carboxylic acids is 1. The molecule has 1 aliphatic rings. The van der Waals surface area contributed by atoms with Crippen LogP contribution in [0.1, 0.15) is 31.1 Å². The summed E-state index contributed by atoms with van der Waals surface area (Å²) in [5.41, 5.74) is 0. The molecule has 1 heterocycles. The fourth-order valence-electron chi connectivity index (χ4n) is 2.38. The van der Waals surface area contributed by atoms with Crippen LogP contribution in [0.4, 0.5) is 0 Å². The van der Waals surface area contributed by atoms with Gasteiger partial charge < -0.3 is 19.6 Å². The number of rotatable bonds is 5. The average Bonchev–Trinajstić information content (AvgIpc) is 2.98. The second kappa shape index (κ2) is 6.02. The molecule has 2 rings (SSSR count). The molecule has 0 saturated heterocycles. The summed E-state index contributed by atoms with van der Waals surface area (Å²) in [5.74, 6) is 0.232. The van der Waals surface area contributed by atoms with Gasteiger partial charge in [0, 0.05) is 7.11 Å². The van der Waals surface area contributed by atoms with Crippen LogP contribution in [0, 0.1) is 5.92 Å². The van der Waals surface area contributed by atoms with E-state index in [0.717, 1.165) is 12.8 Å². The second-order valence-electron chi connectivity index (χ2n) is 4.64. The number of aliphatic hydroxyl groups is 1. The van der Waals surface area contributed by atoms with E-state index in [0.29, 0.717) is 18.8 Å². The van der Waals surface area contributed by atoms with Gasteiger partial charge in [0.2, 0.25) is 5.91 Å². The molecule has 3 unspecified atom stereocenters. The van der Waals surface area contributed by atoms with Crippen molar-refractivity contribution in [1.29, 1.82) is 0 Å². The summed E-state index contributed by atoms with van der Waals surface area (Å²) in [5, 5.41) is 12.6. The zero-order chi connectivity index (χ0) is 13.0. The molecule has 3 atom stereocenters. The van der Waals surface area contributed by atoms with Gasteiger partial charge in [0.1, 0.15) is 11.8 Å². The first-order chi connectivity index (χ1) is 8.72. The van der Waals surface area contributed by atoms with Crippen molar-refractivity contribution in [3.63, 3.8) is 0 Å². The lowest BCUT2D eigenvalue weighted by Gasteiger charge is -2.20. The number of furan rings is 1. The van der Waals surface area contributed by atoms with Crippen molar-refractivity contribution < 1.29 is 19.1 Å². The molecule has 1 fully saturated rings. The van der Waals surface area contributed by atoms with Gasteiger partial charge >= 0.3 is 0 Å². The molecule has 0 aliphatic heterocycles. The maximum Gasteiger partial charge on any atom is 0.226 e. The third kappa shape index (κ3) is 2.91. The number of ether oxygens (including phenoxy) is 1. The highest BCUT2D eigenvalue weighted by atomic mass is 16.5. The van der Waals surface area contributed by atoms with Gasteiger partial charge in [0.15, 0.2) is 0 Å². The van der Waals surface area contributed by atoms with Crippen molar-refractivity contribution in [2.24, 2.45) is 5.92 Å². The molecule has 2 N–H and O–H groups in total. The van der Waals surface area contributed by atoms with Crippen LogP contribution in [0.25, 0.3) is 0 Å². The van der Waals surface area contributed by atoms with Gasteiger partial charge in [-0.3, -0.25) is 4.79 Å². The van der Waals surface area contributed by atoms with E-state index >= 15 is 0 Å². The summed E-state index contributed by atoms with van der Waals surface area (Å²) in [6, 6.07) is 3.27. The third-order valence-corrected chi connectivity index (χ3v) is 3.35. The standard InChI is InChI=1S/C13H19NO4/c1-17-8-10(12-6-3-7-18-12)14-13(16)9-4-2-5-11(9)15/h3,6-7,9-11,15H,2,4-5,8H2,1H3,(H,14,16). The predicted octanol–water partition coefficient (Wildman–Crippen LogP) is 1.24. The minimum atomic E-state index is -0.523. The van der Waals surface area contributed by atoms with Gasteiger partial charge in [-0.1, -0.05) is 0 Å². The summed E-state index contributed by atoms with van der Waals surface area (Å²) in [4.78, 5) is 12.1. The number of carbonyl (C=O) groups is 1. The molecule has 1 amide bonds. The fraction of sp³-hybridized carbons (Fsp3) is 0.615. The summed E-state index contributed by atoms with van der Waals surface area (Å²) in [7, 11) is 1.58. The number of nitrogens with one attached hydrogen (secondary N) is 1. The normalized spacial score (nSPS) is 25.0. The lowest BCUT2D eigenvalue weighted by molar-refractivity contribution is -0.128. The van der Waals surface area contributed by atoms with Gasteiger partial charge in [0.05, 0.1) is 24.9 Å². The van der Waals surface area contributed by atoms with Crippen LogP contribution in [-0.4, -0.2) is 30.8 Å². The van der Waals surface area contributed by atoms with Crippen LogP contribution in [0.5, 0.6) is 0 Å². The maximum atomic E-state index is 12.1. The Balaban J connectivity index is 1.98. The molecule has 1 aromatic heterocycles. The molecule has 1 aromatic rings. The molecule has 18 heavy (non-hydrogen) atoms. The van der Waals surface area contributed by atoms with Crippen LogP contribution < -0.4 is 5.32 Å². The largest absolute Gasteiger partial charge is 0.467 e. The average molecular weight is 253 g/mol. The van der Waals surface area contributed by atoms with Gasteiger partial charge in [-0.2, -0.15) is 0 Å². The third-order valence-electron chi connectivity index (χ3n) is 3.35. The molecular formula is C13H19NO4. The van der Waals surface area contributed by atoms with Crippen LogP contribution in [0.3, 0.4) is 0 Å². The van der Waals surface area contributed by atoms with E-state index in [1.54, 1.807) is 25.5 Å². The van der Waals surface area contributed by atoms with Crippen molar-refractivity contribution >= 4 is 5.91 Å². The molecule has 1 saturated carbocycles. The topological polar surface area (TPSA) is 71.7 Å². The zero-order valence-corrected chi connectivity index (χ0v) is 10.5. The quantitative estimate of drug-likeness (QED) is 0.828. The van der Waals surface area contributed by atoms with E-state index in [-0.39, 0.29) is 17.9 Å². The van der Waals surface area contributed by atoms with Gasteiger partial charge in [-0.15, -0.1) is 0 Å². The van der Waals surface area contributed by atoms with E-state index in [1.165, 1.54) is 0 Å². The maximum absolute atomic E-state index is 12.1. The molecule has 0 radical (unpaired) electrons. The van der Waals surface area contributed by atoms with Crippen LogP contribution in [0.15, 0.2) is 22.8 Å². The van der Waals surface area contributed by atoms with E-state index in [9.17, 15) is 9.90 Å². The molecule has 100 valence electrons. The lowest BCUT2D eigenvalue weighted by atomic mass is 10.0. The van der Waals surface area contributed by atoms with Crippen molar-refractivity contribution in [3.8, 4) is 0 Å². The van der Waals surface area contributed by atoms with Gasteiger partial charge in [0.25, 0.3) is 0 Å². The lowest BCUT2D eigenvalue weighted by Crippen LogP contribution is -2.38. The van der Waals surface area contributed by atoms with Crippen LogP contribution >= 0.6 is 0 Å². The Morgan fingerprint density at radius 3 is 3.06 bits per heavy atom. The number of hydrogen-bond donors (Lipinski definition) is 2. The highest BCUT2D eigenvalue weighted by Crippen LogP contribution is 2.26. The molecule has 0 bridgehead atoms. The first-order valence-electron chi connectivity index (χ1n) is 6.23. The van der Waals surface area contributed by atoms with Crippen molar-refractivity contribution in [2.45, 2.75) is 31.4 Å². The van der Waals surface area contributed by atoms with Gasteiger partial charge in [-0.25, -0.2) is 0 Å². The van der Waals surface area contributed by atoms with E-state index in [2.05, 4.69) is 5.32 Å². The van der Waals surface area contributed by atoms with Crippen LogP contribution in [0.2, 0.25) is 0 Å². The smallest absolute Gasteiger partial charge is 0.226 e. The molecule has 5 nitrogen and oxygen atoms in total. The van der Waals surface area contributed by atoms with Crippen molar-refractivity contribution in [3.05, 3.63) is 24.2 Å². The Hall–Kier alpha value is -1.33. The predicted molar refractivity (Wildman–Crippen MR) is 64.8 cm³/mol. The fourth-order valence-corrected chi connectivity index (χ4v) is 2.38. The molecule has 1 aliphatic carbocycles. The highest BCUT2D eigenvalue weighted by Gasteiger charge is 2.33. The summed E-state index contributed by atoms with van der Waals surface area (Å²) in [6.45, 7) is 0.349. The number of amides is 1. The second-order valence-corrected chi connectivity index (χ2v) is 4.64. The minimum absolute atomic E-state index is 0.126. The summed E-state index contributed by atoms with van der Waals surface area (Å²) >= 11 is 0. The van der Waals surface area contributed by atoms with E-state index < -0.39 is 6.10 Å². The van der Waals surface area contributed by atoms with Crippen LogP contribution in [-0.2, 0) is 9.53 Å². The van der Waals surface area contributed by atoms with Crippen molar-refractivity contribution in [2.75, 3.05) is 13.7 Å². The van der Waals surface area contributed by atoms with Gasteiger partial charge in [-0.05, 0) is 31.4 Å². The molecule has 5 heteroatoms. The molecule has 0 spiro atoms. The number of hydrogen-bond acceptors (Lipinski definition) is 4. The Labute approximate surface area is 106 Å². The first-order valence-corrected chi connectivity index (χ1v) is 6.23.